The van der Waals surface area contributed by atoms with E-state index in [1.807, 2.05) is 0 Å². The summed E-state index contributed by atoms with van der Waals surface area (Å²) in [7, 11) is -1.38. The Labute approximate surface area is 139 Å². The van der Waals surface area contributed by atoms with Crippen LogP contribution in [0.3, 0.4) is 0 Å². The molecule has 0 atom stereocenters. The Morgan fingerprint density at radius 1 is 1.29 bits per heavy atom. The van der Waals surface area contributed by atoms with Crippen molar-refractivity contribution in [2.24, 2.45) is 5.92 Å². The van der Waals surface area contributed by atoms with E-state index in [4.69, 9.17) is 4.74 Å². The molecule has 0 aromatic heterocycles. The fraction of sp³-hybridized carbons (Fsp3) is 0.500. The summed E-state index contributed by atoms with van der Waals surface area (Å²) in [6.07, 6.45) is 0.673. The fourth-order valence-corrected chi connectivity index (χ4v) is 4.26. The van der Waals surface area contributed by atoms with Crippen LogP contribution in [0.2, 0.25) is 0 Å². The van der Waals surface area contributed by atoms with Gasteiger partial charge in [-0.15, -0.1) is 0 Å². The molecule has 132 valence electrons. The summed E-state index contributed by atoms with van der Waals surface area (Å²) in [5, 5.41) is 10.9. The number of nitro groups is 1. The number of rotatable bonds is 5. The average Bonchev–Trinajstić information content (AvgIpc) is 2.60. The number of sulfonamides is 1. The summed E-state index contributed by atoms with van der Waals surface area (Å²) in [5.74, 6) is -0.663. The molecule has 0 bridgehead atoms. The molecule has 1 aliphatic heterocycles. The lowest BCUT2D eigenvalue weighted by molar-refractivity contribution is -0.385. The van der Waals surface area contributed by atoms with E-state index >= 15 is 0 Å². The predicted octanol–water partition coefficient (Wildman–Crippen LogP) is 1.18. The Hall–Kier alpha value is -2.20. The number of methoxy groups -OCH3 is 2. The van der Waals surface area contributed by atoms with Gasteiger partial charge >= 0.3 is 5.97 Å². The topological polar surface area (TPSA) is 116 Å². The molecule has 0 amide bonds. The number of nitro benzene ring substituents is 1. The van der Waals surface area contributed by atoms with Gasteiger partial charge in [-0.25, -0.2) is 8.42 Å². The van der Waals surface area contributed by atoms with Gasteiger partial charge in [-0.05, 0) is 18.9 Å². The molecule has 1 heterocycles. The monoisotopic (exact) mass is 358 g/mol. The molecular formula is C14H18N2O7S. The molecule has 0 unspecified atom stereocenters. The standard InChI is InChI=1S/C14H18N2O7S/c1-22-12-4-3-11(16(18)19)9-13(12)24(20,21)15-7-5-10(6-8-15)14(17)23-2/h3-4,9-10H,5-8H2,1-2H3. The van der Waals surface area contributed by atoms with Gasteiger partial charge in [-0.3, -0.25) is 14.9 Å². The highest BCUT2D eigenvalue weighted by molar-refractivity contribution is 7.89. The summed E-state index contributed by atoms with van der Waals surface area (Å²) in [6, 6.07) is 3.42. The zero-order chi connectivity index (χ0) is 17.9. The molecule has 0 radical (unpaired) electrons. The van der Waals surface area contributed by atoms with Crippen LogP contribution < -0.4 is 4.74 Å². The number of hydrogen-bond donors (Lipinski definition) is 0. The molecule has 0 spiro atoms. The lowest BCUT2D eigenvalue weighted by Gasteiger charge is -2.30. The van der Waals surface area contributed by atoms with Crippen molar-refractivity contribution in [1.82, 2.24) is 4.31 Å². The molecule has 1 aromatic rings. The van der Waals surface area contributed by atoms with Gasteiger partial charge in [0.25, 0.3) is 5.69 Å². The molecule has 1 fully saturated rings. The van der Waals surface area contributed by atoms with E-state index in [0.29, 0.717) is 12.8 Å². The van der Waals surface area contributed by atoms with Crippen molar-refractivity contribution < 1.29 is 27.6 Å². The molecule has 1 aliphatic rings. The Kier molecular flexibility index (Phi) is 5.40. The minimum Gasteiger partial charge on any atom is -0.495 e. The van der Waals surface area contributed by atoms with Gasteiger partial charge in [-0.1, -0.05) is 0 Å². The summed E-state index contributed by atoms with van der Waals surface area (Å²) < 4.78 is 36.5. The van der Waals surface area contributed by atoms with Crippen LogP contribution in [0.4, 0.5) is 5.69 Å². The minimum atomic E-state index is -3.96. The van der Waals surface area contributed by atoms with Gasteiger partial charge in [-0.2, -0.15) is 4.31 Å². The molecule has 2 rings (SSSR count). The Morgan fingerprint density at radius 3 is 2.42 bits per heavy atom. The highest BCUT2D eigenvalue weighted by Crippen LogP contribution is 2.32. The maximum Gasteiger partial charge on any atom is 0.308 e. The normalized spacial score (nSPS) is 16.6. The van der Waals surface area contributed by atoms with Crippen LogP contribution in [0.25, 0.3) is 0 Å². The molecule has 9 nitrogen and oxygen atoms in total. The number of nitrogens with zero attached hydrogens (tertiary/aromatic N) is 2. The van der Waals surface area contributed by atoms with Crippen LogP contribution >= 0.6 is 0 Å². The maximum absolute atomic E-state index is 12.8. The minimum absolute atomic E-state index is 0.0377. The number of hydrogen-bond acceptors (Lipinski definition) is 7. The van der Waals surface area contributed by atoms with Gasteiger partial charge < -0.3 is 9.47 Å². The summed E-state index contributed by atoms with van der Waals surface area (Å²) in [4.78, 5) is 21.5. The first kappa shape index (κ1) is 18.1. The van der Waals surface area contributed by atoms with Crippen molar-refractivity contribution in [2.45, 2.75) is 17.7 Å². The first-order valence-corrected chi connectivity index (χ1v) is 8.65. The highest BCUT2D eigenvalue weighted by atomic mass is 32.2. The van der Waals surface area contributed by atoms with Crippen LogP contribution in [0.5, 0.6) is 5.75 Å². The third kappa shape index (κ3) is 3.49. The first-order valence-electron chi connectivity index (χ1n) is 7.21. The van der Waals surface area contributed by atoms with Crippen molar-refractivity contribution in [1.29, 1.82) is 0 Å². The highest BCUT2D eigenvalue weighted by Gasteiger charge is 2.34. The molecule has 24 heavy (non-hydrogen) atoms. The molecule has 0 saturated carbocycles. The molecule has 0 aliphatic carbocycles. The second-order valence-corrected chi connectivity index (χ2v) is 7.20. The van der Waals surface area contributed by atoms with Crippen molar-refractivity contribution >= 4 is 21.7 Å². The van der Waals surface area contributed by atoms with E-state index in [1.165, 1.54) is 30.7 Å². The number of esters is 1. The van der Waals surface area contributed by atoms with Crippen LogP contribution in [0, 0.1) is 16.0 Å². The van der Waals surface area contributed by atoms with Gasteiger partial charge in [0, 0.05) is 25.2 Å². The van der Waals surface area contributed by atoms with E-state index in [0.717, 1.165) is 6.07 Å². The van der Waals surface area contributed by atoms with Crippen molar-refractivity contribution in [3.8, 4) is 5.75 Å². The van der Waals surface area contributed by atoms with Crippen LogP contribution in [0.15, 0.2) is 23.1 Å². The van der Waals surface area contributed by atoms with E-state index in [9.17, 15) is 23.3 Å². The Bertz CT molecular complexity index is 739. The van der Waals surface area contributed by atoms with Crippen LogP contribution in [-0.4, -0.2) is 50.9 Å². The van der Waals surface area contributed by atoms with Crippen molar-refractivity contribution in [3.05, 3.63) is 28.3 Å². The second kappa shape index (κ2) is 7.14. The van der Waals surface area contributed by atoms with E-state index < -0.39 is 14.9 Å². The zero-order valence-electron chi connectivity index (χ0n) is 13.3. The van der Waals surface area contributed by atoms with Crippen LogP contribution in [0.1, 0.15) is 12.8 Å². The molecule has 10 heteroatoms. The quantitative estimate of drug-likeness (QED) is 0.441. The van der Waals surface area contributed by atoms with Gasteiger partial charge in [0.1, 0.15) is 10.6 Å². The maximum atomic E-state index is 12.8. The average molecular weight is 358 g/mol. The van der Waals surface area contributed by atoms with Gasteiger partial charge in [0.2, 0.25) is 10.0 Å². The number of carbonyl (C=O) groups excluding carboxylic acids is 1. The molecular weight excluding hydrogens is 340 g/mol. The number of benzene rings is 1. The second-order valence-electron chi connectivity index (χ2n) is 5.29. The molecule has 1 aromatic carbocycles. The summed E-state index contributed by atoms with van der Waals surface area (Å²) in [6.45, 7) is 0.266. The van der Waals surface area contributed by atoms with Gasteiger partial charge in [0.05, 0.1) is 25.1 Å². The summed E-state index contributed by atoms with van der Waals surface area (Å²) in [5.41, 5.74) is -0.334. The third-order valence-electron chi connectivity index (χ3n) is 3.96. The number of piperidine rings is 1. The first-order chi connectivity index (χ1) is 11.3. The van der Waals surface area contributed by atoms with E-state index in [1.54, 1.807) is 0 Å². The number of non-ortho nitro benzene ring substituents is 1. The SMILES string of the molecule is COC(=O)C1CCN(S(=O)(=O)c2cc([N+](=O)[O-])ccc2OC)CC1. The zero-order valence-corrected chi connectivity index (χ0v) is 14.1. The number of carbonyl (C=O) groups is 1. The Balaban J connectivity index is 2.29. The smallest absolute Gasteiger partial charge is 0.308 e. The van der Waals surface area contributed by atoms with Gasteiger partial charge in [0.15, 0.2) is 0 Å². The molecule has 1 saturated heterocycles. The predicted molar refractivity (Wildman–Crippen MR) is 83.1 cm³/mol. The van der Waals surface area contributed by atoms with Crippen molar-refractivity contribution in [3.63, 3.8) is 0 Å². The van der Waals surface area contributed by atoms with E-state index in [-0.39, 0.29) is 41.3 Å². The summed E-state index contributed by atoms with van der Waals surface area (Å²) >= 11 is 0. The largest absolute Gasteiger partial charge is 0.495 e. The van der Waals surface area contributed by atoms with Crippen LogP contribution in [-0.2, 0) is 19.6 Å². The lowest BCUT2D eigenvalue weighted by atomic mass is 9.99. The lowest BCUT2D eigenvalue weighted by Crippen LogP contribution is -2.40. The third-order valence-corrected chi connectivity index (χ3v) is 5.88. The van der Waals surface area contributed by atoms with Crippen molar-refractivity contribution in [2.75, 3.05) is 27.3 Å². The fourth-order valence-electron chi connectivity index (χ4n) is 2.62. The number of ether oxygens (including phenoxy) is 2. The molecule has 0 N–H and O–H groups in total. The Morgan fingerprint density at radius 2 is 1.92 bits per heavy atom. The van der Waals surface area contributed by atoms with E-state index in [2.05, 4.69) is 4.74 Å².